The molecule has 1 unspecified atom stereocenters. The molecule has 1 aliphatic rings. The number of imidazole rings is 1. The number of methoxy groups -OCH3 is 1. The summed E-state index contributed by atoms with van der Waals surface area (Å²) in [6, 6.07) is 13.2. The van der Waals surface area contributed by atoms with Crippen LogP contribution in [0.4, 0.5) is 13.2 Å². The van der Waals surface area contributed by atoms with Crippen LogP contribution in [0.5, 0.6) is 0 Å². The van der Waals surface area contributed by atoms with Gasteiger partial charge in [0.05, 0.1) is 12.5 Å². The average molecular weight is 468 g/mol. The van der Waals surface area contributed by atoms with Crippen molar-refractivity contribution in [3.05, 3.63) is 76.0 Å². The van der Waals surface area contributed by atoms with E-state index in [9.17, 15) is 13.2 Å². The number of halogens is 3. The number of hydrogen-bond acceptors (Lipinski definition) is 5. The van der Waals surface area contributed by atoms with Crippen LogP contribution in [0.15, 0.2) is 54.2 Å². The van der Waals surface area contributed by atoms with Gasteiger partial charge in [0.15, 0.2) is 0 Å². The smallest absolute Gasteiger partial charge is 0.475 e. The number of ether oxygens (including phenoxy) is 1. The second-order valence-corrected chi connectivity index (χ2v) is 8.31. The summed E-state index contributed by atoms with van der Waals surface area (Å²) in [7, 11) is 1.75. The number of carboxylic acid groups (broad SMARTS) is 1. The molecule has 3 aromatic rings. The molecule has 0 radical (unpaired) electrons. The van der Waals surface area contributed by atoms with Gasteiger partial charge in [0.1, 0.15) is 5.82 Å². The highest BCUT2D eigenvalue weighted by Gasteiger charge is 2.38. The Morgan fingerprint density at radius 3 is 2.69 bits per heavy atom. The molecule has 1 atom stereocenters. The van der Waals surface area contributed by atoms with Gasteiger partial charge in [-0.15, -0.1) is 11.3 Å². The van der Waals surface area contributed by atoms with Crippen molar-refractivity contribution in [1.29, 1.82) is 0 Å². The number of aliphatic carboxylic acids is 1. The summed E-state index contributed by atoms with van der Waals surface area (Å²) in [6.45, 7) is 4.55. The highest BCUT2D eigenvalue weighted by Crippen LogP contribution is 2.33. The molecular formula is C22H24F3N3O3S. The molecule has 32 heavy (non-hydrogen) atoms. The lowest BCUT2D eigenvalue weighted by Gasteiger charge is -2.34. The van der Waals surface area contributed by atoms with E-state index in [0.29, 0.717) is 12.5 Å². The van der Waals surface area contributed by atoms with Gasteiger partial charge in [-0.05, 0) is 22.6 Å². The topological polar surface area (TPSA) is 67.6 Å². The Labute approximate surface area is 187 Å². The van der Waals surface area contributed by atoms with Crippen molar-refractivity contribution < 1.29 is 27.8 Å². The van der Waals surface area contributed by atoms with Crippen LogP contribution in [0.1, 0.15) is 27.7 Å². The van der Waals surface area contributed by atoms with Crippen molar-refractivity contribution in [3.63, 3.8) is 0 Å². The standard InChI is InChI=1S/C20H23N3OS.C2HF3O2/c1-24-11-10-23-9-8-21-20(23)19-15-22(14-17-6-4-12-25-17)13-16-5-2-3-7-18(16)19;3-2(4,5)1(6)7/h2-9,12,19H,10-11,13-15H2,1H3;(H,6,7). The van der Waals surface area contributed by atoms with Crippen LogP contribution in [0.3, 0.4) is 0 Å². The Kier molecular flexibility index (Phi) is 8.05. The van der Waals surface area contributed by atoms with E-state index in [0.717, 1.165) is 32.0 Å². The maximum absolute atomic E-state index is 10.6. The fourth-order valence-corrected chi connectivity index (χ4v) is 4.40. The zero-order chi connectivity index (χ0) is 23.1. The van der Waals surface area contributed by atoms with Crippen LogP contribution < -0.4 is 0 Å². The van der Waals surface area contributed by atoms with Crippen molar-refractivity contribution in [2.24, 2.45) is 0 Å². The van der Waals surface area contributed by atoms with Crippen molar-refractivity contribution in [3.8, 4) is 0 Å². The minimum absolute atomic E-state index is 0.303. The number of hydrogen-bond donors (Lipinski definition) is 1. The highest BCUT2D eigenvalue weighted by molar-refractivity contribution is 7.09. The molecule has 6 nitrogen and oxygen atoms in total. The zero-order valence-corrected chi connectivity index (χ0v) is 18.3. The minimum atomic E-state index is -5.08. The third-order valence-corrected chi connectivity index (χ3v) is 5.92. The lowest BCUT2D eigenvalue weighted by molar-refractivity contribution is -0.192. The maximum atomic E-state index is 10.6. The number of thiophene rings is 1. The summed E-state index contributed by atoms with van der Waals surface area (Å²) in [6.07, 6.45) is -1.11. The van der Waals surface area contributed by atoms with Gasteiger partial charge in [-0.3, -0.25) is 4.90 Å². The van der Waals surface area contributed by atoms with Gasteiger partial charge in [-0.1, -0.05) is 30.3 Å². The molecule has 3 heterocycles. The Hall–Kier alpha value is -2.69. The fourth-order valence-electron chi connectivity index (χ4n) is 3.65. The maximum Gasteiger partial charge on any atom is 0.490 e. The van der Waals surface area contributed by atoms with Gasteiger partial charge in [-0.25, -0.2) is 9.78 Å². The first-order chi connectivity index (χ1) is 15.3. The van der Waals surface area contributed by atoms with E-state index >= 15 is 0 Å². The molecule has 1 N–H and O–H groups in total. The van der Waals surface area contributed by atoms with Crippen molar-refractivity contribution in [2.45, 2.75) is 31.7 Å². The summed E-state index contributed by atoms with van der Waals surface area (Å²) in [5, 5.41) is 9.28. The summed E-state index contributed by atoms with van der Waals surface area (Å²) in [4.78, 5) is 17.6. The zero-order valence-electron chi connectivity index (χ0n) is 17.5. The van der Waals surface area contributed by atoms with E-state index in [1.807, 2.05) is 17.5 Å². The molecule has 10 heteroatoms. The SMILES string of the molecule is COCCn1ccnc1C1CN(Cc2cccs2)Cc2ccccc21.O=C(O)C(F)(F)F. The summed E-state index contributed by atoms with van der Waals surface area (Å²) >= 11 is 1.83. The largest absolute Gasteiger partial charge is 0.490 e. The van der Waals surface area contributed by atoms with Crippen LogP contribution in [-0.4, -0.2) is 52.0 Å². The number of benzene rings is 1. The van der Waals surface area contributed by atoms with E-state index in [1.54, 1.807) is 7.11 Å². The first-order valence-electron chi connectivity index (χ1n) is 9.92. The van der Waals surface area contributed by atoms with E-state index in [-0.39, 0.29) is 0 Å². The lowest BCUT2D eigenvalue weighted by Crippen LogP contribution is -2.34. The number of carbonyl (C=O) groups is 1. The van der Waals surface area contributed by atoms with Crippen molar-refractivity contribution >= 4 is 17.3 Å². The molecule has 0 saturated carbocycles. The van der Waals surface area contributed by atoms with Crippen LogP contribution in [-0.2, 0) is 29.2 Å². The van der Waals surface area contributed by atoms with Gasteiger partial charge in [0, 0.05) is 50.6 Å². The molecular weight excluding hydrogens is 443 g/mol. The van der Waals surface area contributed by atoms with Crippen molar-refractivity contribution in [1.82, 2.24) is 14.5 Å². The first kappa shape index (κ1) is 24.0. The van der Waals surface area contributed by atoms with Gasteiger partial charge in [0.25, 0.3) is 0 Å². The predicted octanol–water partition coefficient (Wildman–Crippen LogP) is 4.37. The number of alkyl halides is 3. The average Bonchev–Trinajstić information content (AvgIpc) is 3.43. The van der Waals surface area contributed by atoms with Gasteiger partial charge in [-0.2, -0.15) is 13.2 Å². The number of nitrogens with zero attached hydrogens (tertiary/aromatic N) is 3. The molecule has 4 rings (SSSR count). The highest BCUT2D eigenvalue weighted by atomic mass is 32.1. The normalized spacial score (nSPS) is 16.2. The number of carboxylic acids is 1. The third-order valence-electron chi connectivity index (χ3n) is 5.06. The van der Waals surface area contributed by atoms with Gasteiger partial charge >= 0.3 is 12.1 Å². The van der Waals surface area contributed by atoms with E-state index in [4.69, 9.17) is 19.6 Å². The molecule has 1 aromatic carbocycles. The first-order valence-corrected chi connectivity index (χ1v) is 10.8. The van der Waals surface area contributed by atoms with Crippen LogP contribution >= 0.6 is 11.3 Å². The molecule has 0 amide bonds. The number of fused-ring (bicyclic) bond motifs is 1. The minimum Gasteiger partial charge on any atom is -0.475 e. The molecule has 0 fully saturated rings. The molecule has 0 saturated heterocycles. The molecule has 2 aromatic heterocycles. The molecule has 0 spiro atoms. The van der Waals surface area contributed by atoms with Crippen LogP contribution in [0.2, 0.25) is 0 Å². The van der Waals surface area contributed by atoms with Crippen LogP contribution in [0.25, 0.3) is 0 Å². The Balaban J connectivity index is 0.000000360. The molecule has 0 bridgehead atoms. The lowest BCUT2D eigenvalue weighted by atomic mass is 9.89. The number of aromatic nitrogens is 2. The second kappa shape index (κ2) is 10.8. The fraction of sp³-hybridized carbons (Fsp3) is 0.364. The number of rotatable bonds is 6. The van der Waals surface area contributed by atoms with Crippen LogP contribution in [0, 0.1) is 0 Å². The van der Waals surface area contributed by atoms with Crippen molar-refractivity contribution in [2.75, 3.05) is 20.3 Å². The molecule has 1 aliphatic heterocycles. The summed E-state index contributed by atoms with van der Waals surface area (Å²) in [5.41, 5.74) is 2.83. The third kappa shape index (κ3) is 6.18. The Bertz CT molecular complexity index is 1010. The molecule has 172 valence electrons. The second-order valence-electron chi connectivity index (χ2n) is 7.27. The van der Waals surface area contributed by atoms with Gasteiger partial charge < -0.3 is 14.4 Å². The van der Waals surface area contributed by atoms with E-state index in [2.05, 4.69) is 57.4 Å². The van der Waals surface area contributed by atoms with Gasteiger partial charge in [0.2, 0.25) is 0 Å². The Morgan fingerprint density at radius 2 is 2.03 bits per heavy atom. The molecule has 0 aliphatic carbocycles. The summed E-state index contributed by atoms with van der Waals surface area (Å²) in [5.74, 6) is -1.32. The van der Waals surface area contributed by atoms with E-state index < -0.39 is 12.1 Å². The Morgan fingerprint density at radius 1 is 1.28 bits per heavy atom. The van der Waals surface area contributed by atoms with E-state index in [1.165, 1.54) is 16.0 Å². The predicted molar refractivity (Wildman–Crippen MR) is 115 cm³/mol. The monoisotopic (exact) mass is 467 g/mol. The summed E-state index contributed by atoms with van der Waals surface area (Å²) < 4.78 is 39.2. The quantitative estimate of drug-likeness (QED) is 0.583.